The molecule has 9 heteroatoms. The third kappa shape index (κ3) is 6.11. The van der Waals surface area contributed by atoms with Gasteiger partial charge in [-0.25, -0.2) is 18.5 Å². The fraction of sp³-hybridized carbons (Fsp3) is 0.318. The molecule has 0 amide bonds. The van der Waals surface area contributed by atoms with Crippen molar-refractivity contribution in [1.29, 1.82) is 0 Å². The zero-order chi connectivity index (χ0) is 21.7. The lowest BCUT2D eigenvalue weighted by molar-refractivity contribution is 0.112. The molecular weight excluding hydrogens is 432 g/mol. The first kappa shape index (κ1) is 21.9. The number of thiazole rings is 1. The first-order valence-electron chi connectivity index (χ1n) is 10.2. The second kappa shape index (κ2) is 9.88. The number of sulfonamides is 1. The zero-order valence-electron chi connectivity index (χ0n) is 17.2. The van der Waals surface area contributed by atoms with Crippen molar-refractivity contribution in [2.75, 3.05) is 39.3 Å². The molecule has 3 aromatic rings. The van der Waals surface area contributed by atoms with Crippen molar-refractivity contribution in [2.24, 2.45) is 5.14 Å². The highest BCUT2D eigenvalue weighted by atomic mass is 32.2. The molecule has 2 aromatic carbocycles. The van der Waals surface area contributed by atoms with E-state index in [1.54, 1.807) is 23.5 Å². The summed E-state index contributed by atoms with van der Waals surface area (Å²) < 4.78 is 28.3. The molecule has 0 atom stereocenters. The molecule has 0 radical (unpaired) electrons. The molecule has 4 rings (SSSR count). The molecule has 1 aliphatic heterocycles. The number of hydrogen-bond donors (Lipinski definition) is 1. The number of benzene rings is 2. The van der Waals surface area contributed by atoms with E-state index >= 15 is 0 Å². The smallest absolute Gasteiger partial charge is 0.238 e. The normalized spacial score (nSPS) is 15.8. The van der Waals surface area contributed by atoms with E-state index in [1.165, 1.54) is 17.7 Å². The highest BCUT2D eigenvalue weighted by Gasteiger charge is 2.18. The SMILES string of the molecule is NS(=O)(=O)c1ccc(OCCN2CCN(Cc3csc(-c4ccccc4)n3)CC2)cc1. The Kier molecular flexibility index (Phi) is 6.99. The van der Waals surface area contributed by atoms with Crippen LogP contribution >= 0.6 is 11.3 Å². The van der Waals surface area contributed by atoms with Gasteiger partial charge in [-0.05, 0) is 24.3 Å². The Morgan fingerprint density at radius 3 is 2.32 bits per heavy atom. The first-order chi connectivity index (χ1) is 15.0. The van der Waals surface area contributed by atoms with Gasteiger partial charge in [0.2, 0.25) is 10.0 Å². The van der Waals surface area contributed by atoms with Crippen molar-refractivity contribution in [1.82, 2.24) is 14.8 Å². The van der Waals surface area contributed by atoms with Crippen molar-refractivity contribution >= 4 is 21.4 Å². The average molecular weight is 459 g/mol. The Morgan fingerprint density at radius 1 is 0.968 bits per heavy atom. The molecule has 164 valence electrons. The molecule has 0 aliphatic carbocycles. The number of hydrogen-bond acceptors (Lipinski definition) is 7. The second-order valence-corrected chi connectivity index (χ2v) is 9.91. The number of ether oxygens (including phenoxy) is 1. The van der Waals surface area contributed by atoms with Crippen LogP contribution in [0.4, 0.5) is 0 Å². The van der Waals surface area contributed by atoms with E-state index in [2.05, 4.69) is 27.3 Å². The maximum absolute atomic E-state index is 11.3. The minimum Gasteiger partial charge on any atom is -0.492 e. The number of piperazine rings is 1. The lowest BCUT2D eigenvalue weighted by Gasteiger charge is -2.34. The molecule has 1 aliphatic rings. The van der Waals surface area contributed by atoms with E-state index in [0.717, 1.165) is 50.0 Å². The van der Waals surface area contributed by atoms with Crippen molar-refractivity contribution in [3.8, 4) is 16.3 Å². The lowest BCUT2D eigenvalue weighted by atomic mass is 10.2. The largest absolute Gasteiger partial charge is 0.492 e. The molecule has 0 spiro atoms. The van der Waals surface area contributed by atoms with Gasteiger partial charge in [0.25, 0.3) is 0 Å². The van der Waals surface area contributed by atoms with Gasteiger partial charge in [-0.2, -0.15) is 0 Å². The highest BCUT2D eigenvalue weighted by Crippen LogP contribution is 2.24. The molecule has 1 aromatic heterocycles. The van der Waals surface area contributed by atoms with Crippen molar-refractivity contribution in [3.63, 3.8) is 0 Å². The monoisotopic (exact) mass is 458 g/mol. The molecule has 2 heterocycles. The molecule has 1 fully saturated rings. The van der Waals surface area contributed by atoms with Gasteiger partial charge in [0, 0.05) is 50.2 Å². The maximum Gasteiger partial charge on any atom is 0.238 e. The van der Waals surface area contributed by atoms with Gasteiger partial charge in [-0.1, -0.05) is 30.3 Å². The van der Waals surface area contributed by atoms with Crippen LogP contribution in [0.1, 0.15) is 5.69 Å². The summed E-state index contributed by atoms with van der Waals surface area (Å²) in [5.41, 5.74) is 2.30. The Labute approximate surface area is 187 Å². The van der Waals surface area contributed by atoms with Crippen molar-refractivity contribution in [2.45, 2.75) is 11.4 Å². The summed E-state index contributed by atoms with van der Waals surface area (Å²) in [6, 6.07) is 16.5. The first-order valence-corrected chi connectivity index (χ1v) is 12.6. The third-order valence-corrected chi connectivity index (χ3v) is 7.12. The quantitative estimate of drug-likeness (QED) is 0.558. The highest BCUT2D eigenvalue weighted by molar-refractivity contribution is 7.89. The molecule has 7 nitrogen and oxygen atoms in total. The minimum atomic E-state index is -3.67. The van der Waals surface area contributed by atoms with Gasteiger partial charge in [0.15, 0.2) is 0 Å². The van der Waals surface area contributed by atoms with Crippen LogP contribution < -0.4 is 9.88 Å². The average Bonchev–Trinajstić information content (AvgIpc) is 3.24. The van der Waals surface area contributed by atoms with Crippen molar-refractivity contribution < 1.29 is 13.2 Å². The van der Waals surface area contributed by atoms with Crippen LogP contribution in [0.25, 0.3) is 10.6 Å². The van der Waals surface area contributed by atoms with E-state index < -0.39 is 10.0 Å². The summed E-state index contributed by atoms with van der Waals surface area (Å²) >= 11 is 1.70. The minimum absolute atomic E-state index is 0.0898. The lowest BCUT2D eigenvalue weighted by Crippen LogP contribution is -2.47. The van der Waals surface area contributed by atoms with E-state index in [9.17, 15) is 8.42 Å². The van der Waals surface area contributed by atoms with E-state index in [1.807, 2.05) is 18.2 Å². The molecule has 1 saturated heterocycles. The van der Waals surface area contributed by atoms with Gasteiger partial charge in [0.1, 0.15) is 17.4 Å². The molecule has 0 saturated carbocycles. The predicted molar refractivity (Wildman–Crippen MR) is 123 cm³/mol. The summed E-state index contributed by atoms with van der Waals surface area (Å²) in [4.78, 5) is 9.70. The summed E-state index contributed by atoms with van der Waals surface area (Å²) in [7, 11) is -3.67. The van der Waals surface area contributed by atoms with Gasteiger partial charge in [-0.15, -0.1) is 11.3 Å². The number of rotatable bonds is 8. The Morgan fingerprint density at radius 2 is 1.65 bits per heavy atom. The number of nitrogens with two attached hydrogens (primary N) is 1. The van der Waals surface area contributed by atoms with Crippen LogP contribution in [-0.4, -0.2) is 62.5 Å². The molecule has 0 unspecified atom stereocenters. The maximum atomic E-state index is 11.3. The number of primary sulfonamides is 1. The van der Waals surface area contributed by atoms with Gasteiger partial charge >= 0.3 is 0 Å². The Hall–Kier alpha value is -2.30. The van der Waals surface area contributed by atoms with E-state index in [0.29, 0.717) is 12.4 Å². The number of aromatic nitrogens is 1. The topological polar surface area (TPSA) is 88.8 Å². The van der Waals surface area contributed by atoms with Gasteiger partial charge in [-0.3, -0.25) is 9.80 Å². The van der Waals surface area contributed by atoms with Crippen molar-refractivity contribution in [3.05, 3.63) is 65.7 Å². The standard InChI is InChI=1S/C22H26N4O3S2/c23-31(27,28)21-8-6-20(7-9-21)29-15-14-25-10-12-26(13-11-25)16-19-17-30-22(24-19)18-4-2-1-3-5-18/h1-9,17H,10-16H2,(H2,23,27,28). The Balaban J connectivity index is 1.19. The Bertz CT molecular complexity index is 1080. The second-order valence-electron chi connectivity index (χ2n) is 7.49. The molecular formula is C22H26N4O3S2. The summed E-state index contributed by atoms with van der Waals surface area (Å²) in [6.45, 7) is 6.25. The molecule has 0 bridgehead atoms. The van der Waals surface area contributed by atoms with Crippen LogP contribution in [0, 0.1) is 0 Å². The van der Waals surface area contributed by atoms with E-state index in [-0.39, 0.29) is 4.90 Å². The fourth-order valence-corrected chi connectivity index (χ4v) is 4.84. The molecule has 31 heavy (non-hydrogen) atoms. The van der Waals surface area contributed by atoms with Crippen LogP contribution in [0.3, 0.4) is 0 Å². The van der Waals surface area contributed by atoms with E-state index in [4.69, 9.17) is 14.9 Å². The van der Waals surface area contributed by atoms with Crippen LogP contribution in [0.5, 0.6) is 5.75 Å². The summed E-state index contributed by atoms with van der Waals surface area (Å²) in [5, 5.41) is 8.34. The summed E-state index contributed by atoms with van der Waals surface area (Å²) in [5.74, 6) is 0.642. The van der Waals surface area contributed by atoms with Crippen LogP contribution in [0.15, 0.2) is 64.9 Å². The van der Waals surface area contributed by atoms with Crippen LogP contribution in [-0.2, 0) is 16.6 Å². The van der Waals surface area contributed by atoms with Gasteiger partial charge < -0.3 is 4.74 Å². The van der Waals surface area contributed by atoms with Gasteiger partial charge in [0.05, 0.1) is 10.6 Å². The fourth-order valence-electron chi connectivity index (χ4n) is 3.51. The summed E-state index contributed by atoms with van der Waals surface area (Å²) in [6.07, 6.45) is 0. The zero-order valence-corrected chi connectivity index (χ0v) is 18.8. The molecule has 2 N–H and O–H groups in total. The predicted octanol–water partition coefficient (Wildman–Crippen LogP) is 2.65. The van der Waals surface area contributed by atoms with Crippen LogP contribution in [0.2, 0.25) is 0 Å². The third-order valence-electron chi connectivity index (χ3n) is 5.25. The number of nitrogens with zero attached hydrogens (tertiary/aromatic N) is 3.